The molecule has 0 amide bonds. The van der Waals surface area contributed by atoms with Gasteiger partial charge in [-0.15, -0.1) is 0 Å². The van der Waals surface area contributed by atoms with E-state index in [2.05, 4.69) is 14.9 Å². The fourth-order valence-corrected chi connectivity index (χ4v) is 1.89. The van der Waals surface area contributed by atoms with Crippen LogP contribution in [0.2, 0.25) is 0 Å². The average Bonchev–Trinajstić information content (AvgIpc) is 2.28. The average molecular weight is 212 g/mol. The Hall–Kier alpha value is -0.770. The topological polar surface area (TPSA) is 61.2 Å². The van der Waals surface area contributed by atoms with Crippen LogP contribution in [0.15, 0.2) is 5.11 Å². The van der Waals surface area contributed by atoms with Gasteiger partial charge in [0.2, 0.25) is 0 Å². The Morgan fingerprint density at radius 2 is 2.20 bits per heavy atom. The summed E-state index contributed by atoms with van der Waals surface area (Å²) in [5.74, 6) is 0.723. The quantitative estimate of drug-likeness (QED) is 0.384. The number of hydrogen-bond acceptors (Lipinski definition) is 3. The Morgan fingerprint density at radius 3 is 2.80 bits per heavy atom. The Morgan fingerprint density at radius 1 is 1.47 bits per heavy atom. The smallest absolute Gasteiger partial charge is 0.0495 e. The summed E-state index contributed by atoms with van der Waals surface area (Å²) in [7, 11) is 0. The molecule has 0 N–H and O–H groups in total. The second-order valence-electron chi connectivity index (χ2n) is 3.90. The van der Waals surface area contributed by atoms with E-state index in [9.17, 15) is 0 Å². The molecule has 0 aromatic carbocycles. The lowest BCUT2D eigenvalue weighted by molar-refractivity contribution is 0.0750. The Bertz CT molecular complexity index is 207. The molecule has 0 atom stereocenters. The number of azide groups is 1. The van der Waals surface area contributed by atoms with E-state index in [1.165, 1.54) is 12.8 Å². The van der Waals surface area contributed by atoms with E-state index < -0.39 is 0 Å². The molecular weight excluding hydrogens is 192 g/mol. The van der Waals surface area contributed by atoms with Gasteiger partial charge in [-0.25, -0.2) is 0 Å². The van der Waals surface area contributed by atoms with E-state index >= 15 is 0 Å². The van der Waals surface area contributed by atoms with Crippen molar-refractivity contribution < 1.29 is 4.74 Å². The Labute approximate surface area is 91.0 Å². The Balaban J connectivity index is 2.09. The van der Waals surface area contributed by atoms with Crippen LogP contribution in [0.5, 0.6) is 0 Å². The van der Waals surface area contributed by atoms with Crippen LogP contribution in [0.1, 0.15) is 19.8 Å². The molecule has 0 aromatic heterocycles. The number of hydrogen-bond donors (Lipinski definition) is 0. The van der Waals surface area contributed by atoms with Gasteiger partial charge in [-0.3, -0.25) is 0 Å². The van der Waals surface area contributed by atoms with Crippen molar-refractivity contribution in [3.8, 4) is 0 Å². The molecule has 0 spiro atoms. The fourth-order valence-electron chi connectivity index (χ4n) is 1.89. The van der Waals surface area contributed by atoms with Crippen LogP contribution in [0.25, 0.3) is 10.4 Å². The fraction of sp³-hybridized carbons (Fsp3) is 1.00. The molecule has 0 aliphatic carbocycles. The standard InChI is InChI=1S/C10H20N4O/c1-2-15-9-10-3-6-14(7-4-10)8-5-12-13-11/h10H,2-9H2,1H3. The highest BCUT2D eigenvalue weighted by atomic mass is 16.5. The lowest BCUT2D eigenvalue weighted by atomic mass is 9.98. The first-order valence-electron chi connectivity index (χ1n) is 5.67. The first-order chi connectivity index (χ1) is 7.36. The van der Waals surface area contributed by atoms with Gasteiger partial charge in [0.15, 0.2) is 0 Å². The molecular formula is C10H20N4O. The van der Waals surface area contributed by atoms with Gasteiger partial charge < -0.3 is 9.64 Å². The lowest BCUT2D eigenvalue weighted by Crippen LogP contribution is -2.36. The molecule has 1 rings (SSSR count). The van der Waals surface area contributed by atoms with Crippen LogP contribution < -0.4 is 0 Å². The molecule has 0 bridgehead atoms. The predicted molar refractivity (Wildman–Crippen MR) is 59.7 cm³/mol. The van der Waals surface area contributed by atoms with Crippen molar-refractivity contribution in [2.45, 2.75) is 19.8 Å². The highest BCUT2D eigenvalue weighted by Gasteiger charge is 2.18. The molecule has 1 aliphatic heterocycles. The first-order valence-corrected chi connectivity index (χ1v) is 5.67. The second kappa shape index (κ2) is 7.51. The van der Waals surface area contributed by atoms with E-state index in [-0.39, 0.29) is 0 Å². The van der Waals surface area contributed by atoms with Crippen molar-refractivity contribution in [3.63, 3.8) is 0 Å². The third-order valence-electron chi connectivity index (χ3n) is 2.84. The maximum absolute atomic E-state index is 8.16. The molecule has 5 nitrogen and oxygen atoms in total. The number of nitrogens with zero attached hydrogens (tertiary/aromatic N) is 4. The van der Waals surface area contributed by atoms with Crippen molar-refractivity contribution in [2.75, 3.05) is 39.4 Å². The molecule has 1 fully saturated rings. The van der Waals surface area contributed by atoms with Gasteiger partial charge in [0.25, 0.3) is 0 Å². The summed E-state index contributed by atoms with van der Waals surface area (Å²) in [5.41, 5.74) is 8.16. The summed E-state index contributed by atoms with van der Waals surface area (Å²) < 4.78 is 5.42. The molecule has 0 aromatic rings. The van der Waals surface area contributed by atoms with Gasteiger partial charge in [-0.2, -0.15) is 0 Å². The summed E-state index contributed by atoms with van der Waals surface area (Å²) in [6.45, 7) is 7.46. The first kappa shape index (κ1) is 12.3. The van der Waals surface area contributed by atoms with E-state index in [0.29, 0.717) is 6.54 Å². The number of piperidine rings is 1. The maximum Gasteiger partial charge on any atom is 0.0495 e. The van der Waals surface area contributed by atoms with Crippen molar-refractivity contribution in [1.82, 2.24) is 4.90 Å². The van der Waals surface area contributed by atoms with Crippen LogP contribution in [-0.2, 0) is 4.74 Å². The zero-order valence-electron chi connectivity index (χ0n) is 9.43. The summed E-state index contributed by atoms with van der Waals surface area (Å²) in [4.78, 5) is 5.11. The van der Waals surface area contributed by atoms with Gasteiger partial charge in [0, 0.05) is 31.2 Å². The van der Waals surface area contributed by atoms with Gasteiger partial charge in [-0.05, 0) is 44.3 Å². The molecule has 15 heavy (non-hydrogen) atoms. The molecule has 86 valence electrons. The zero-order chi connectivity index (χ0) is 10.9. The van der Waals surface area contributed by atoms with Gasteiger partial charge in [0.1, 0.15) is 0 Å². The van der Waals surface area contributed by atoms with Crippen molar-refractivity contribution in [1.29, 1.82) is 0 Å². The van der Waals surface area contributed by atoms with Gasteiger partial charge in [0.05, 0.1) is 0 Å². The third-order valence-corrected chi connectivity index (χ3v) is 2.84. The van der Waals surface area contributed by atoms with Gasteiger partial charge in [-0.1, -0.05) is 5.11 Å². The van der Waals surface area contributed by atoms with Crippen LogP contribution in [0, 0.1) is 5.92 Å². The van der Waals surface area contributed by atoms with Crippen molar-refractivity contribution >= 4 is 0 Å². The third kappa shape index (κ3) is 5.02. The number of likely N-dealkylation sites (tertiary alicyclic amines) is 1. The Kier molecular flexibility index (Phi) is 6.16. The maximum atomic E-state index is 8.16. The minimum absolute atomic E-state index is 0.590. The van der Waals surface area contributed by atoms with Crippen LogP contribution in [0.4, 0.5) is 0 Å². The van der Waals surface area contributed by atoms with E-state index in [1.807, 2.05) is 6.92 Å². The number of ether oxygens (including phenoxy) is 1. The molecule has 1 aliphatic rings. The van der Waals surface area contributed by atoms with E-state index in [1.54, 1.807) is 0 Å². The van der Waals surface area contributed by atoms with E-state index in [0.717, 1.165) is 38.8 Å². The highest BCUT2D eigenvalue weighted by molar-refractivity contribution is 4.72. The predicted octanol–water partition coefficient (Wildman–Crippen LogP) is 2.05. The zero-order valence-corrected chi connectivity index (χ0v) is 9.43. The van der Waals surface area contributed by atoms with Gasteiger partial charge >= 0.3 is 0 Å². The molecule has 1 saturated heterocycles. The van der Waals surface area contributed by atoms with Crippen LogP contribution in [-0.4, -0.2) is 44.3 Å². The minimum Gasteiger partial charge on any atom is -0.381 e. The molecule has 5 heteroatoms. The van der Waals surface area contributed by atoms with Crippen LogP contribution >= 0.6 is 0 Å². The lowest BCUT2D eigenvalue weighted by Gasteiger charge is -2.31. The largest absolute Gasteiger partial charge is 0.381 e. The molecule has 0 unspecified atom stereocenters. The molecule has 0 saturated carbocycles. The summed E-state index contributed by atoms with van der Waals surface area (Å²) in [6, 6.07) is 0. The summed E-state index contributed by atoms with van der Waals surface area (Å²) in [5, 5.41) is 3.55. The summed E-state index contributed by atoms with van der Waals surface area (Å²) >= 11 is 0. The SMILES string of the molecule is CCOCC1CCN(CCN=[N+]=[N-])CC1. The summed E-state index contributed by atoms with van der Waals surface area (Å²) in [6.07, 6.45) is 2.41. The van der Waals surface area contributed by atoms with Crippen LogP contribution in [0.3, 0.4) is 0 Å². The number of rotatable bonds is 6. The normalized spacial score (nSPS) is 18.7. The van der Waals surface area contributed by atoms with E-state index in [4.69, 9.17) is 10.3 Å². The van der Waals surface area contributed by atoms with Crippen molar-refractivity contribution in [2.24, 2.45) is 11.0 Å². The minimum atomic E-state index is 0.590. The molecule has 1 heterocycles. The molecule has 0 radical (unpaired) electrons. The monoisotopic (exact) mass is 212 g/mol. The van der Waals surface area contributed by atoms with Crippen molar-refractivity contribution in [3.05, 3.63) is 10.4 Å². The second-order valence-corrected chi connectivity index (χ2v) is 3.90. The highest BCUT2D eigenvalue weighted by Crippen LogP contribution is 2.16.